The lowest BCUT2D eigenvalue weighted by molar-refractivity contribution is 0.0934. The number of nitrogens with two attached hydrogens (primary N) is 5. The number of amides is 2. The molecule has 53 nitrogen and oxygen atoms in total. The maximum atomic E-state index is 13.0. The molecule has 0 saturated carbocycles. The predicted octanol–water partition coefficient (Wildman–Crippen LogP) is 13.1. The van der Waals surface area contributed by atoms with Crippen LogP contribution in [0.1, 0.15) is 225 Å². The highest BCUT2D eigenvalue weighted by Gasteiger charge is 2.35. The van der Waals surface area contributed by atoms with E-state index in [1.54, 1.807) is 95.9 Å². The van der Waals surface area contributed by atoms with Crippen molar-refractivity contribution in [3.63, 3.8) is 0 Å². The van der Waals surface area contributed by atoms with Crippen molar-refractivity contribution in [3.8, 4) is 60.7 Å². The zero-order valence-corrected chi connectivity index (χ0v) is 79.9. The number of nitrogens with zero attached hydrogens (tertiary/aromatic N) is 42. The van der Waals surface area contributed by atoms with Gasteiger partial charge in [0.15, 0.2) is 85.4 Å². The van der Waals surface area contributed by atoms with E-state index < -0.39 is 30.0 Å². The fourth-order valence-corrected chi connectivity index (χ4v) is 12.1. The van der Waals surface area contributed by atoms with Crippen molar-refractivity contribution in [2.75, 3.05) is 63.0 Å². The van der Waals surface area contributed by atoms with Gasteiger partial charge in [0.05, 0.1) is 35.6 Å². The van der Waals surface area contributed by atoms with Gasteiger partial charge in [-0.25, -0.2) is 32.7 Å². The fraction of sp³-hybridized carbons (Fsp3) is 0.393. The number of carbonyl (C=O) groups excluding carboxylic acids is 5. The van der Waals surface area contributed by atoms with Gasteiger partial charge in [-0.2, -0.15) is 108 Å². The second-order valence-corrected chi connectivity index (χ2v) is 34.4. The number of hydrogen-bond acceptors (Lipinski definition) is 41. The number of ether oxygens (including phenoxy) is 1. The van der Waals surface area contributed by atoms with E-state index in [-0.39, 0.29) is 125 Å². The van der Waals surface area contributed by atoms with E-state index >= 15 is 0 Å². The minimum Gasteiger partial charge on any atom is -0.452 e. The molecule has 10 heterocycles. The fourth-order valence-electron chi connectivity index (χ4n) is 12.1. The van der Waals surface area contributed by atoms with Crippen LogP contribution < -0.4 is 28.7 Å². The summed E-state index contributed by atoms with van der Waals surface area (Å²) >= 11 is 0. The summed E-state index contributed by atoms with van der Waals surface area (Å²) in [5, 5.41) is 155. The summed E-state index contributed by atoms with van der Waals surface area (Å²) in [6.45, 7) is 34.9. The minimum atomic E-state index is -0.917. The summed E-state index contributed by atoms with van der Waals surface area (Å²) in [6, 6.07) is 25.2. The van der Waals surface area contributed by atoms with Crippen LogP contribution in [0.2, 0.25) is 0 Å². The van der Waals surface area contributed by atoms with Gasteiger partial charge >= 0.3 is 18.2 Å². The van der Waals surface area contributed by atoms with Gasteiger partial charge in [0.1, 0.15) is 89.8 Å². The molecule has 0 spiro atoms. The Bertz CT molecular complexity index is 7170. The molecule has 53 heteroatoms. The Balaban J connectivity index is 0.000000234. The van der Waals surface area contributed by atoms with Gasteiger partial charge in [-0.15, -0.1) is 51.1 Å². The van der Waals surface area contributed by atoms with Crippen LogP contribution in [0, 0.1) is 113 Å². The van der Waals surface area contributed by atoms with Crippen molar-refractivity contribution in [2.45, 2.75) is 152 Å². The lowest BCUT2D eigenvalue weighted by Crippen LogP contribution is -2.34. The maximum Gasteiger partial charge on any atom is 0.421 e. The topological polar surface area (TPSA) is 771 Å². The maximum absolute atomic E-state index is 13.0. The van der Waals surface area contributed by atoms with Gasteiger partial charge in [-0.05, 0) is 26.0 Å². The molecule has 10 aromatic heterocycles. The van der Waals surface area contributed by atoms with Crippen LogP contribution in [0.25, 0.3) is 0 Å². The first kappa shape index (κ1) is 105. The Hall–Kier alpha value is -19.0. The van der Waals surface area contributed by atoms with Crippen LogP contribution in [0.4, 0.5) is 102 Å². The van der Waals surface area contributed by atoms with Crippen molar-refractivity contribution in [1.29, 1.82) is 52.6 Å². The monoisotopic (exact) mass is 1860 g/mol. The zero-order valence-electron chi connectivity index (χ0n) is 79.9. The molecule has 1 aromatic carbocycles. The Morgan fingerprint density at radius 2 is 0.577 bits per heavy atom. The van der Waals surface area contributed by atoms with Crippen LogP contribution in [-0.2, 0) is 67.1 Å². The van der Waals surface area contributed by atoms with Crippen molar-refractivity contribution < 1.29 is 28.7 Å². The van der Waals surface area contributed by atoms with Gasteiger partial charge in [-0.1, -0.05) is 122 Å². The SMILES string of the molecule is CC(=O)n1c(N=Nc2c(C(C)(C)C)nn(C)c2N)nc(C#N)c1C#N.CCN(CC)C(=O)n1c(N=Nc2c(C(C)(C)C)nn(C)c2N)nc(C#N)c1C#N.CN(C)C(=O)n1c(N=Nc2c(C(C)(C)C)nn(C)c2N)nc(C#N)c1C#N.COC(=O)n1c(N=Nc2c(C(C)(C)C)nn(C)c2N)nc(C#N)c1C#N.Cn1nc(C(C)(C)C)c(N=Nc2nc(C#N)c(C#N)n2C(=O)c2ccccc2)c1N. The average Bonchev–Trinajstić information content (AvgIpc) is 1.71. The van der Waals surface area contributed by atoms with Crippen molar-refractivity contribution in [3.05, 3.63) is 121 Å². The number of hydrogen-bond donors (Lipinski definition) is 5. The van der Waals surface area contributed by atoms with Gasteiger partial charge in [0.2, 0.25) is 5.91 Å². The summed E-state index contributed by atoms with van der Waals surface area (Å²) in [4.78, 5) is 84.5. The number of benzene rings is 1. The quantitative estimate of drug-likeness (QED) is 0.0669. The Morgan fingerprint density at radius 3 is 0.803 bits per heavy atom. The number of carbonyl (C=O) groups is 5. The largest absolute Gasteiger partial charge is 0.452 e. The number of nitriles is 10. The van der Waals surface area contributed by atoms with Crippen LogP contribution >= 0.6 is 0 Å². The van der Waals surface area contributed by atoms with E-state index in [1.165, 1.54) is 54.2 Å². The van der Waals surface area contributed by atoms with Crippen molar-refractivity contribution >= 4 is 117 Å². The van der Waals surface area contributed by atoms with Crippen LogP contribution in [-0.4, -0.2) is 171 Å². The summed E-state index contributed by atoms with van der Waals surface area (Å²) in [5.41, 5.74) is 31.3. The van der Waals surface area contributed by atoms with E-state index in [2.05, 4.69) is 106 Å². The molecule has 0 aliphatic carbocycles. The Morgan fingerprint density at radius 1 is 0.350 bits per heavy atom. The lowest BCUT2D eigenvalue weighted by atomic mass is 9.91. The molecule has 0 fully saturated rings. The second kappa shape index (κ2) is 42.2. The first-order chi connectivity index (χ1) is 64.1. The summed E-state index contributed by atoms with van der Waals surface area (Å²) in [6.07, 6.45) is -0.917. The van der Waals surface area contributed by atoms with Crippen molar-refractivity contribution in [1.82, 2.24) is 106 Å². The average molecular weight is 1860 g/mol. The molecule has 10 N–H and O–H groups in total. The van der Waals surface area contributed by atoms with Gasteiger partial charge in [-0.3, -0.25) is 33.0 Å². The Kier molecular flexibility index (Phi) is 32.4. The highest BCUT2D eigenvalue weighted by molar-refractivity contribution is 5.98. The lowest BCUT2D eigenvalue weighted by Gasteiger charge is -2.19. The molecule has 137 heavy (non-hydrogen) atoms. The van der Waals surface area contributed by atoms with Crippen LogP contribution in [0.15, 0.2) is 81.5 Å². The molecular weight excluding hydrogens is 1760 g/mol. The third kappa shape index (κ3) is 22.5. The van der Waals surface area contributed by atoms with E-state index in [9.17, 15) is 60.8 Å². The number of methoxy groups -OCH3 is 1. The van der Waals surface area contributed by atoms with Gasteiger partial charge in [0.25, 0.3) is 35.6 Å². The molecule has 0 radical (unpaired) electrons. The molecule has 11 aromatic rings. The molecule has 704 valence electrons. The highest BCUT2D eigenvalue weighted by Crippen LogP contribution is 2.42. The van der Waals surface area contributed by atoms with E-state index in [0.717, 1.165) is 29.9 Å². The van der Waals surface area contributed by atoms with Gasteiger partial charge in [0, 0.05) is 102 Å². The summed E-state index contributed by atoms with van der Waals surface area (Å²) < 4.78 is 16.6. The van der Waals surface area contributed by atoms with Crippen molar-refractivity contribution in [2.24, 2.45) is 86.4 Å². The number of aryl methyl sites for hydroxylation is 5. The number of aromatic nitrogens is 20. The van der Waals surface area contributed by atoms with E-state index in [0.29, 0.717) is 93.0 Å². The van der Waals surface area contributed by atoms with Crippen LogP contribution in [0.3, 0.4) is 0 Å². The molecule has 11 rings (SSSR count). The molecule has 0 unspecified atom stereocenters. The molecule has 0 aliphatic heterocycles. The normalized spacial score (nSPS) is 11.4. The van der Waals surface area contributed by atoms with Gasteiger partial charge < -0.3 is 43.2 Å². The summed E-state index contributed by atoms with van der Waals surface area (Å²) in [5.74, 6) is -0.585. The molecule has 0 saturated heterocycles. The second-order valence-electron chi connectivity index (χ2n) is 34.4. The Labute approximate surface area is 784 Å². The minimum absolute atomic E-state index is 0.163. The number of anilines is 5. The summed E-state index contributed by atoms with van der Waals surface area (Å²) in [7, 11) is 12.6. The number of nitrogen functional groups attached to an aromatic ring is 5. The third-order valence-corrected chi connectivity index (χ3v) is 19.1. The highest BCUT2D eigenvalue weighted by atomic mass is 16.5. The number of imidazole rings is 5. The number of rotatable bonds is 13. The van der Waals surface area contributed by atoms with E-state index in [1.807, 2.05) is 148 Å². The smallest absolute Gasteiger partial charge is 0.421 e. The van der Waals surface area contributed by atoms with Crippen LogP contribution in [0.5, 0.6) is 0 Å². The standard InChI is InChI=1S/C20H19N9O.C18H24N10O.C16H20N10O.C15H17N9O2.C15H17N9O/c1-20(2,3)16-15(17(23)28(4)27-16)25-26-19-24-13(10-21)14(11-22)29(19)18(30)12-8-6-5-7-9-12;1-7-27(8-2)17(29)28-12(10-20)11(9-19)22-16(28)24-23-13-14(18(3,4)5)25-26(6)15(13)21;1-16(2,3)12-11(13(19)25(6)23-12)21-22-14-20-9(7-17)10(8-18)26(14)15(27)24(4)5;1-15(2,3)11-10(12(18)23(4)22-11)20-21-13-19-8(6-16)9(7-17)24(13)14(25)26-5;1-8(25)24-10(7-17)9(6-16)19-14(24)21-20-11-12(15(2,3)4)22-23(5)13(11)18/h5-9H,23H2,1-4H3;7-8,21H2,1-6H3;19H2,1-6H3;18H2,1-5H3;18H2,1-5H3. The number of azo groups is 5. The first-order valence-electron chi connectivity index (χ1n) is 40.7. The molecule has 0 aliphatic rings. The molecule has 0 bridgehead atoms. The first-order valence-corrected chi connectivity index (χ1v) is 40.7. The third-order valence-electron chi connectivity index (χ3n) is 19.1. The molecular formula is C84H97N47O6. The molecule has 2 amide bonds. The zero-order chi connectivity index (χ0) is 103. The van der Waals surface area contributed by atoms with E-state index in [4.69, 9.17) is 44.5 Å². The molecule has 0 atom stereocenters. The predicted molar refractivity (Wildman–Crippen MR) is 489 cm³/mol.